The number of halogens is 1. The van der Waals surface area contributed by atoms with E-state index in [1.54, 1.807) is 0 Å². The van der Waals surface area contributed by atoms with Crippen molar-refractivity contribution in [3.63, 3.8) is 0 Å². The molecule has 1 heterocycles. The first-order valence-electron chi connectivity index (χ1n) is 4.79. The summed E-state index contributed by atoms with van der Waals surface area (Å²) in [5.41, 5.74) is 6.44. The third-order valence-electron chi connectivity index (χ3n) is 2.28. The molecule has 0 aliphatic rings. The van der Waals surface area contributed by atoms with E-state index >= 15 is 0 Å². The molecular weight excluding hydrogens is 227 g/mol. The van der Waals surface area contributed by atoms with Crippen molar-refractivity contribution < 1.29 is 18.4 Å². The lowest BCUT2D eigenvalue weighted by molar-refractivity contribution is 0.377. The molecule has 0 spiro atoms. The van der Waals surface area contributed by atoms with Crippen molar-refractivity contribution in [3.8, 4) is 22.8 Å². The van der Waals surface area contributed by atoms with Crippen LogP contribution in [0.5, 0.6) is 11.5 Å². The maximum absolute atomic E-state index is 13.5. The van der Waals surface area contributed by atoms with Gasteiger partial charge in [-0.05, 0) is 6.07 Å². The first kappa shape index (κ1) is 11.3. The van der Waals surface area contributed by atoms with Gasteiger partial charge in [0.2, 0.25) is 5.88 Å². The highest BCUT2D eigenvalue weighted by atomic mass is 19.1. The third-order valence-corrected chi connectivity index (χ3v) is 2.28. The molecule has 17 heavy (non-hydrogen) atoms. The van der Waals surface area contributed by atoms with Gasteiger partial charge in [0.05, 0.1) is 14.2 Å². The van der Waals surface area contributed by atoms with Crippen molar-refractivity contribution in [1.29, 1.82) is 0 Å². The average molecular weight is 238 g/mol. The van der Waals surface area contributed by atoms with Gasteiger partial charge in [-0.3, -0.25) is 0 Å². The second kappa shape index (κ2) is 4.32. The number of methoxy groups -OCH3 is 2. The van der Waals surface area contributed by atoms with E-state index in [9.17, 15) is 4.39 Å². The molecule has 0 bridgehead atoms. The van der Waals surface area contributed by atoms with E-state index in [-0.39, 0.29) is 11.6 Å². The molecule has 0 saturated carbocycles. The molecule has 0 saturated heterocycles. The summed E-state index contributed by atoms with van der Waals surface area (Å²) in [5.74, 6) is 0.0916. The minimum atomic E-state index is -0.510. The second-order valence-electron chi connectivity index (χ2n) is 3.30. The maximum Gasteiger partial charge on any atom is 0.222 e. The Morgan fingerprint density at radius 2 is 1.88 bits per heavy atom. The number of rotatable bonds is 3. The minimum absolute atomic E-state index is 0.0994. The fourth-order valence-corrected chi connectivity index (χ4v) is 1.48. The summed E-state index contributed by atoms with van der Waals surface area (Å²) < 4.78 is 28.2. The largest absolute Gasteiger partial charge is 0.496 e. The zero-order valence-corrected chi connectivity index (χ0v) is 9.36. The van der Waals surface area contributed by atoms with Crippen LogP contribution in [0, 0.1) is 5.82 Å². The van der Waals surface area contributed by atoms with Crippen LogP contribution in [0.1, 0.15) is 0 Å². The van der Waals surface area contributed by atoms with Crippen LogP contribution in [-0.2, 0) is 0 Å². The van der Waals surface area contributed by atoms with Crippen LogP contribution in [0.2, 0.25) is 0 Å². The van der Waals surface area contributed by atoms with E-state index in [0.717, 1.165) is 0 Å². The van der Waals surface area contributed by atoms with E-state index in [0.29, 0.717) is 17.0 Å². The smallest absolute Gasteiger partial charge is 0.222 e. The zero-order valence-electron chi connectivity index (χ0n) is 9.36. The lowest BCUT2D eigenvalue weighted by Crippen LogP contribution is -1.94. The molecule has 2 aromatic rings. The first-order valence-corrected chi connectivity index (χ1v) is 4.79. The predicted molar refractivity (Wildman–Crippen MR) is 59.4 cm³/mol. The van der Waals surface area contributed by atoms with Crippen molar-refractivity contribution in [3.05, 3.63) is 24.0 Å². The molecular formula is C11H11FN2O3. The van der Waals surface area contributed by atoms with Gasteiger partial charge in [-0.15, -0.1) is 0 Å². The number of aromatic nitrogens is 1. The highest BCUT2D eigenvalue weighted by molar-refractivity contribution is 5.70. The molecule has 1 aromatic carbocycles. The Bertz CT molecular complexity index is 540. The van der Waals surface area contributed by atoms with Gasteiger partial charge < -0.3 is 19.7 Å². The standard InChI is InChI=1S/C11H11FN2O3/c1-15-9-4-7(12)10(16-2)3-6(9)8-5-11(13)17-14-8/h3-5H,13H2,1-2H3. The molecule has 0 aliphatic carbocycles. The van der Waals surface area contributed by atoms with Crippen LogP contribution in [-0.4, -0.2) is 19.4 Å². The van der Waals surface area contributed by atoms with E-state index in [4.69, 9.17) is 19.7 Å². The predicted octanol–water partition coefficient (Wildman–Crippen LogP) is 2.08. The van der Waals surface area contributed by atoms with Crippen LogP contribution in [0.4, 0.5) is 10.3 Å². The van der Waals surface area contributed by atoms with Gasteiger partial charge in [-0.2, -0.15) is 0 Å². The van der Waals surface area contributed by atoms with E-state index in [1.165, 1.54) is 32.4 Å². The van der Waals surface area contributed by atoms with Crippen molar-refractivity contribution in [2.75, 3.05) is 20.0 Å². The summed E-state index contributed by atoms with van der Waals surface area (Å²) >= 11 is 0. The second-order valence-corrected chi connectivity index (χ2v) is 3.30. The van der Waals surface area contributed by atoms with Gasteiger partial charge in [0.1, 0.15) is 11.4 Å². The minimum Gasteiger partial charge on any atom is -0.496 e. The summed E-state index contributed by atoms with van der Waals surface area (Å²) in [6, 6.07) is 4.22. The summed E-state index contributed by atoms with van der Waals surface area (Å²) in [6.45, 7) is 0. The number of nitrogens with zero attached hydrogens (tertiary/aromatic N) is 1. The van der Waals surface area contributed by atoms with Gasteiger partial charge in [-0.1, -0.05) is 5.16 Å². The first-order chi connectivity index (χ1) is 8.15. The Morgan fingerprint density at radius 3 is 2.41 bits per heavy atom. The Balaban J connectivity index is 2.58. The molecule has 0 radical (unpaired) electrons. The number of nitrogens with two attached hydrogens (primary N) is 1. The quantitative estimate of drug-likeness (QED) is 0.886. The topological polar surface area (TPSA) is 70.5 Å². The van der Waals surface area contributed by atoms with Gasteiger partial charge in [0.25, 0.3) is 0 Å². The van der Waals surface area contributed by atoms with Gasteiger partial charge in [0, 0.05) is 17.7 Å². The number of hydrogen-bond acceptors (Lipinski definition) is 5. The normalized spacial score (nSPS) is 10.3. The van der Waals surface area contributed by atoms with Crippen molar-refractivity contribution in [2.24, 2.45) is 0 Å². The molecule has 6 heteroatoms. The van der Waals surface area contributed by atoms with Crippen LogP contribution in [0.15, 0.2) is 22.7 Å². The molecule has 2 rings (SSSR count). The van der Waals surface area contributed by atoms with E-state index in [1.807, 2.05) is 0 Å². The monoisotopic (exact) mass is 238 g/mol. The van der Waals surface area contributed by atoms with Crippen molar-refractivity contribution >= 4 is 5.88 Å². The van der Waals surface area contributed by atoms with E-state index < -0.39 is 5.82 Å². The lowest BCUT2D eigenvalue weighted by Gasteiger charge is -2.09. The Labute approximate surface area is 96.9 Å². The van der Waals surface area contributed by atoms with Crippen LogP contribution >= 0.6 is 0 Å². The molecule has 5 nitrogen and oxygen atoms in total. The Morgan fingerprint density at radius 1 is 1.18 bits per heavy atom. The summed E-state index contributed by atoms with van der Waals surface area (Å²) in [4.78, 5) is 0. The number of anilines is 1. The summed E-state index contributed by atoms with van der Waals surface area (Å²) in [5, 5.41) is 3.74. The molecule has 0 amide bonds. The van der Waals surface area contributed by atoms with Gasteiger partial charge in [-0.25, -0.2) is 4.39 Å². The van der Waals surface area contributed by atoms with Crippen LogP contribution < -0.4 is 15.2 Å². The Kier molecular flexibility index (Phi) is 2.86. The highest BCUT2D eigenvalue weighted by Crippen LogP contribution is 2.35. The molecule has 0 aliphatic heterocycles. The summed E-state index contributed by atoms with van der Waals surface area (Å²) in [6.07, 6.45) is 0. The zero-order chi connectivity index (χ0) is 12.4. The average Bonchev–Trinajstić information content (AvgIpc) is 2.75. The van der Waals surface area contributed by atoms with Gasteiger partial charge >= 0.3 is 0 Å². The SMILES string of the molecule is COc1cc(-c2cc(N)on2)c(OC)cc1F. The number of hydrogen-bond donors (Lipinski definition) is 1. The third kappa shape index (κ3) is 2.01. The molecule has 0 atom stereocenters. The van der Waals surface area contributed by atoms with Crippen LogP contribution in [0.25, 0.3) is 11.3 Å². The van der Waals surface area contributed by atoms with E-state index in [2.05, 4.69) is 5.16 Å². The summed E-state index contributed by atoms with van der Waals surface area (Å²) in [7, 11) is 2.82. The number of ether oxygens (including phenoxy) is 2. The van der Waals surface area contributed by atoms with Crippen LogP contribution in [0.3, 0.4) is 0 Å². The lowest BCUT2D eigenvalue weighted by atomic mass is 10.1. The van der Waals surface area contributed by atoms with Gasteiger partial charge in [0.15, 0.2) is 11.6 Å². The van der Waals surface area contributed by atoms with Crippen molar-refractivity contribution in [1.82, 2.24) is 5.16 Å². The number of benzene rings is 1. The fourth-order valence-electron chi connectivity index (χ4n) is 1.48. The molecule has 2 N–H and O–H groups in total. The molecule has 0 unspecified atom stereocenters. The number of nitrogen functional groups attached to an aromatic ring is 1. The van der Waals surface area contributed by atoms with Crippen molar-refractivity contribution in [2.45, 2.75) is 0 Å². The molecule has 90 valence electrons. The Hall–Kier alpha value is -2.24. The highest BCUT2D eigenvalue weighted by Gasteiger charge is 2.15. The molecule has 1 aromatic heterocycles. The fraction of sp³-hybridized carbons (Fsp3) is 0.182. The maximum atomic E-state index is 13.5. The molecule has 0 fully saturated rings.